The number of carbonyl (C=O) groups excluding carboxylic acids is 1. The summed E-state index contributed by atoms with van der Waals surface area (Å²) in [5, 5.41) is 8.64. The molecule has 2 N–H and O–H groups in total. The molecule has 0 aliphatic heterocycles. The Balaban J connectivity index is 2.49. The molecule has 1 aromatic heterocycles. The van der Waals surface area contributed by atoms with E-state index in [-0.39, 0.29) is 19.1 Å². The lowest BCUT2D eigenvalue weighted by molar-refractivity contribution is -0.130. The number of aliphatic hydroxyl groups excluding tert-OH is 1. The Morgan fingerprint density at radius 2 is 2.11 bits per heavy atom. The standard InChI is InChI=1S/C12H19N3O4/c1-14(6-3-2-4-8-16)11(18)9-15-7-5-10(17)13-12(15)19/h5,7,16H,2-4,6,8-9H2,1H3,(H,13,17,19). The van der Waals surface area contributed by atoms with E-state index in [4.69, 9.17) is 5.11 Å². The molecule has 0 aliphatic rings. The number of likely N-dealkylation sites (N-methyl/N-ethyl adjacent to an activating group) is 1. The second kappa shape index (κ2) is 7.52. The van der Waals surface area contributed by atoms with Gasteiger partial charge < -0.3 is 10.0 Å². The van der Waals surface area contributed by atoms with E-state index < -0.39 is 11.2 Å². The lowest BCUT2D eigenvalue weighted by atomic mass is 10.2. The van der Waals surface area contributed by atoms with E-state index >= 15 is 0 Å². The summed E-state index contributed by atoms with van der Waals surface area (Å²) in [6.45, 7) is 0.646. The molecule has 0 saturated heterocycles. The quantitative estimate of drug-likeness (QED) is 0.631. The van der Waals surface area contributed by atoms with Gasteiger partial charge in [0.05, 0.1) is 0 Å². The largest absolute Gasteiger partial charge is 0.396 e. The Kier molecular flexibility index (Phi) is 6.01. The maximum atomic E-state index is 11.8. The minimum absolute atomic E-state index is 0.0912. The van der Waals surface area contributed by atoms with Crippen molar-refractivity contribution in [3.63, 3.8) is 0 Å². The predicted molar refractivity (Wildman–Crippen MR) is 69.9 cm³/mol. The number of rotatable bonds is 7. The van der Waals surface area contributed by atoms with Crippen LogP contribution in [0.1, 0.15) is 19.3 Å². The summed E-state index contributed by atoms with van der Waals surface area (Å²) < 4.78 is 1.16. The first-order valence-corrected chi connectivity index (χ1v) is 6.19. The van der Waals surface area contributed by atoms with Crippen LogP contribution in [0.3, 0.4) is 0 Å². The first-order valence-electron chi connectivity index (χ1n) is 6.19. The molecular weight excluding hydrogens is 250 g/mol. The summed E-state index contributed by atoms with van der Waals surface area (Å²) in [4.78, 5) is 37.8. The highest BCUT2D eigenvalue weighted by Crippen LogP contribution is 1.97. The summed E-state index contributed by atoms with van der Waals surface area (Å²) in [7, 11) is 1.66. The number of aliphatic hydroxyl groups is 1. The third kappa shape index (κ3) is 5.09. The van der Waals surface area contributed by atoms with Crippen molar-refractivity contribution >= 4 is 5.91 Å². The minimum atomic E-state index is -0.588. The van der Waals surface area contributed by atoms with Gasteiger partial charge in [-0.05, 0) is 19.3 Å². The van der Waals surface area contributed by atoms with Gasteiger partial charge >= 0.3 is 5.69 Å². The van der Waals surface area contributed by atoms with Crippen LogP contribution in [-0.4, -0.2) is 45.7 Å². The molecule has 0 atom stereocenters. The normalized spacial score (nSPS) is 10.4. The highest BCUT2D eigenvalue weighted by Gasteiger charge is 2.10. The molecule has 19 heavy (non-hydrogen) atoms. The summed E-state index contributed by atoms with van der Waals surface area (Å²) in [6, 6.07) is 1.20. The zero-order valence-corrected chi connectivity index (χ0v) is 11.0. The number of nitrogens with one attached hydrogen (secondary N) is 1. The maximum absolute atomic E-state index is 11.8. The monoisotopic (exact) mass is 269 g/mol. The van der Waals surface area contributed by atoms with Crippen molar-refractivity contribution in [1.29, 1.82) is 0 Å². The van der Waals surface area contributed by atoms with Gasteiger partial charge in [-0.25, -0.2) is 4.79 Å². The van der Waals surface area contributed by atoms with Crippen LogP contribution in [0, 0.1) is 0 Å². The van der Waals surface area contributed by atoms with E-state index in [0.29, 0.717) is 6.54 Å². The first kappa shape index (κ1) is 15.2. The summed E-state index contributed by atoms with van der Waals surface area (Å²) in [6.07, 6.45) is 3.69. The van der Waals surface area contributed by atoms with Crippen LogP contribution in [0.4, 0.5) is 0 Å². The molecule has 1 rings (SSSR count). The molecule has 0 saturated carbocycles. The average molecular weight is 269 g/mol. The van der Waals surface area contributed by atoms with Crippen LogP contribution >= 0.6 is 0 Å². The van der Waals surface area contributed by atoms with Gasteiger partial charge in [0.1, 0.15) is 6.54 Å². The summed E-state index contributed by atoms with van der Waals surface area (Å²) in [5.74, 6) is -0.196. The third-order valence-corrected chi connectivity index (χ3v) is 2.78. The Hall–Kier alpha value is -1.89. The van der Waals surface area contributed by atoms with Gasteiger partial charge in [0.25, 0.3) is 5.56 Å². The lowest BCUT2D eigenvalue weighted by Gasteiger charge is -2.17. The summed E-state index contributed by atoms with van der Waals surface area (Å²) in [5.41, 5.74) is -1.07. The van der Waals surface area contributed by atoms with Crippen molar-refractivity contribution in [3.8, 4) is 0 Å². The summed E-state index contributed by atoms with van der Waals surface area (Å²) >= 11 is 0. The number of aromatic amines is 1. The minimum Gasteiger partial charge on any atom is -0.396 e. The van der Waals surface area contributed by atoms with Crippen LogP contribution in [-0.2, 0) is 11.3 Å². The van der Waals surface area contributed by atoms with Gasteiger partial charge in [-0.2, -0.15) is 0 Å². The highest BCUT2D eigenvalue weighted by atomic mass is 16.3. The third-order valence-electron chi connectivity index (χ3n) is 2.78. The number of aromatic nitrogens is 2. The smallest absolute Gasteiger partial charge is 0.328 e. The van der Waals surface area contributed by atoms with Crippen LogP contribution in [0.5, 0.6) is 0 Å². The molecule has 0 aromatic carbocycles. The number of unbranched alkanes of at least 4 members (excludes halogenated alkanes) is 2. The molecule has 0 spiro atoms. The molecule has 0 aliphatic carbocycles. The van der Waals surface area contributed by atoms with Crippen LogP contribution in [0.15, 0.2) is 21.9 Å². The molecule has 1 aromatic rings. The van der Waals surface area contributed by atoms with Gasteiger partial charge in [-0.1, -0.05) is 0 Å². The van der Waals surface area contributed by atoms with Crippen molar-refractivity contribution in [3.05, 3.63) is 33.1 Å². The molecule has 0 fully saturated rings. The SMILES string of the molecule is CN(CCCCCO)C(=O)Cn1ccc(=O)[nH]c1=O. The molecule has 0 radical (unpaired) electrons. The Labute approximate surface area is 110 Å². The molecule has 0 unspecified atom stereocenters. The molecule has 1 amide bonds. The molecule has 7 heteroatoms. The molecule has 7 nitrogen and oxygen atoms in total. The maximum Gasteiger partial charge on any atom is 0.328 e. The van der Waals surface area contributed by atoms with Gasteiger partial charge in [0.2, 0.25) is 5.91 Å². The zero-order chi connectivity index (χ0) is 14.3. The van der Waals surface area contributed by atoms with E-state index in [1.165, 1.54) is 17.2 Å². The Morgan fingerprint density at radius 3 is 2.74 bits per heavy atom. The van der Waals surface area contributed by atoms with E-state index in [2.05, 4.69) is 4.98 Å². The van der Waals surface area contributed by atoms with E-state index in [1.807, 2.05) is 0 Å². The van der Waals surface area contributed by atoms with E-state index in [1.54, 1.807) is 7.05 Å². The Bertz CT molecular complexity index is 520. The van der Waals surface area contributed by atoms with Crippen molar-refractivity contribution < 1.29 is 9.90 Å². The topological polar surface area (TPSA) is 95.4 Å². The lowest BCUT2D eigenvalue weighted by Crippen LogP contribution is -2.36. The molecule has 0 bridgehead atoms. The fourth-order valence-corrected chi connectivity index (χ4v) is 1.60. The number of amides is 1. The van der Waals surface area contributed by atoms with Crippen LogP contribution in [0.25, 0.3) is 0 Å². The second-order valence-electron chi connectivity index (χ2n) is 4.34. The average Bonchev–Trinajstić information content (AvgIpc) is 2.37. The number of carbonyl (C=O) groups is 1. The van der Waals surface area contributed by atoms with E-state index in [9.17, 15) is 14.4 Å². The number of hydrogen-bond acceptors (Lipinski definition) is 4. The second-order valence-corrected chi connectivity index (χ2v) is 4.34. The van der Waals surface area contributed by atoms with Crippen molar-refractivity contribution in [1.82, 2.24) is 14.5 Å². The Morgan fingerprint density at radius 1 is 1.37 bits per heavy atom. The predicted octanol–water partition coefficient (Wildman–Crippen LogP) is -0.842. The fraction of sp³-hybridized carbons (Fsp3) is 0.583. The highest BCUT2D eigenvalue weighted by molar-refractivity contribution is 5.75. The first-order chi connectivity index (χ1) is 9.04. The van der Waals surface area contributed by atoms with Crippen LogP contribution < -0.4 is 11.2 Å². The fourth-order valence-electron chi connectivity index (χ4n) is 1.60. The number of H-pyrrole nitrogens is 1. The van der Waals surface area contributed by atoms with Gasteiger partial charge in [-0.3, -0.25) is 19.1 Å². The molecule has 106 valence electrons. The molecular formula is C12H19N3O4. The van der Waals surface area contributed by atoms with Crippen molar-refractivity contribution in [2.45, 2.75) is 25.8 Å². The van der Waals surface area contributed by atoms with Gasteiger partial charge in [0, 0.05) is 32.5 Å². The molecule has 1 heterocycles. The van der Waals surface area contributed by atoms with Gasteiger partial charge in [-0.15, -0.1) is 0 Å². The zero-order valence-electron chi connectivity index (χ0n) is 11.0. The number of nitrogens with zero attached hydrogens (tertiary/aromatic N) is 2. The van der Waals surface area contributed by atoms with Crippen LogP contribution in [0.2, 0.25) is 0 Å². The van der Waals surface area contributed by atoms with E-state index in [0.717, 1.165) is 23.8 Å². The number of hydrogen-bond donors (Lipinski definition) is 2. The van der Waals surface area contributed by atoms with Crippen molar-refractivity contribution in [2.75, 3.05) is 20.2 Å². The van der Waals surface area contributed by atoms with Gasteiger partial charge in [0.15, 0.2) is 0 Å². The van der Waals surface area contributed by atoms with Crippen molar-refractivity contribution in [2.24, 2.45) is 0 Å².